The van der Waals surface area contributed by atoms with Crippen molar-refractivity contribution in [2.24, 2.45) is 0 Å². The van der Waals surface area contributed by atoms with Crippen LogP contribution < -0.4 is 0 Å². The third-order valence-electron chi connectivity index (χ3n) is 8.50. The highest BCUT2D eigenvalue weighted by atomic mass is 32.3. The molecule has 1 rings (SSSR count). The van der Waals surface area contributed by atoms with Gasteiger partial charge in [0.05, 0.1) is 26.4 Å². The molecule has 0 saturated carbocycles. The van der Waals surface area contributed by atoms with Crippen molar-refractivity contribution in [3.8, 4) is 0 Å². The van der Waals surface area contributed by atoms with Crippen LogP contribution in [0.1, 0.15) is 117 Å². The molecule has 1 fully saturated rings. The molecular weight excluding hydrogens is 741 g/mol. The van der Waals surface area contributed by atoms with Gasteiger partial charge >= 0.3 is 16.4 Å². The minimum Gasteiger partial charge on any atom is -0.457 e. The van der Waals surface area contributed by atoms with Gasteiger partial charge in [0.2, 0.25) is 0 Å². The molecule has 4 N–H and O–H groups in total. The van der Waals surface area contributed by atoms with Gasteiger partial charge in [-0.3, -0.25) is 9.35 Å². The van der Waals surface area contributed by atoms with E-state index in [0.29, 0.717) is 19.4 Å². The second-order valence-corrected chi connectivity index (χ2v) is 14.5. The zero-order valence-electron chi connectivity index (χ0n) is 33.7. The molecular formula is C43H70O12S. The molecule has 1 aliphatic heterocycles. The zero-order chi connectivity index (χ0) is 41.1. The van der Waals surface area contributed by atoms with Crippen LogP contribution in [0.4, 0.5) is 0 Å². The Hall–Kier alpha value is -2.72. The number of hydrogen-bond acceptors (Lipinski definition) is 11. The van der Waals surface area contributed by atoms with Crippen LogP contribution in [-0.2, 0) is 38.3 Å². The largest absolute Gasteiger partial charge is 0.457 e. The number of unbranched alkanes of at least 4 members (excludes halogenated alkanes) is 6. The van der Waals surface area contributed by atoms with Crippen LogP contribution in [0.15, 0.2) is 85.1 Å². The standard InChI is InChI=1S/C43H70O12S/c1-3-5-7-9-11-13-15-17-18-19-21-23-25-27-29-31-33-51-35-37(36-52-43-41(47)42(55-56(48,49)50)40(46)38(34-44)54-43)53-39(45)32-30-28-26-24-22-20-16-14-12-10-8-6-4-2/h5,7-8,10-11,13-14,16-18,21,23,27,29,37-38,40-44,46-47H,3-4,6,9,12,15,19-20,22,24-26,28,30-36H2,1-2H3,(H,48,49,50)/b7-5-,10-8-,13-11-,16-14-,18-17-,23-21-,29-27-. The summed E-state index contributed by atoms with van der Waals surface area (Å²) in [4.78, 5) is 12.8. The highest BCUT2D eigenvalue weighted by Gasteiger charge is 2.48. The minimum absolute atomic E-state index is 0.0296. The van der Waals surface area contributed by atoms with Crippen molar-refractivity contribution < 1.29 is 56.2 Å². The molecule has 12 nitrogen and oxygen atoms in total. The Kier molecular flexibility index (Phi) is 31.4. The summed E-state index contributed by atoms with van der Waals surface area (Å²) >= 11 is 0. The van der Waals surface area contributed by atoms with E-state index in [1.54, 1.807) is 0 Å². The third-order valence-corrected chi connectivity index (χ3v) is 8.97. The third kappa shape index (κ3) is 27.8. The molecule has 0 bridgehead atoms. The Morgan fingerprint density at radius 2 is 1.23 bits per heavy atom. The first-order chi connectivity index (χ1) is 27.1. The summed E-state index contributed by atoms with van der Waals surface area (Å²) in [5, 5.41) is 30.6. The quantitative estimate of drug-likeness (QED) is 0.0220. The number of aliphatic hydroxyl groups excluding tert-OH is 3. The number of carbonyl (C=O) groups excluding carboxylic acids is 1. The van der Waals surface area contributed by atoms with Crippen LogP contribution in [0, 0.1) is 0 Å². The Balaban J connectivity index is 2.56. The molecule has 0 aliphatic carbocycles. The normalized spacial score (nSPS) is 21.7. The Bertz CT molecular complexity index is 1300. The fraction of sp³-hybridized carbons (Fsp3) is 0.651. The Morgan fingerprint density at radius 1 is 0.696 bits per heavy atom. The second-order valence-electron chi connectivity index (χ2n) is 13.5. The molecule has 0 aromatic rings. The lowest BCUT2D eigenvalue weighted by molar-refractivity contribution is -0.301. The van der Waals surface area contributed by atoms with Gasteiger partial charge < -0.3 is 34.3 Å². The second kappa shape index (κ2) is 34.3. The number of rotatable bonds is 33. The number of carbonyl (C=O) groups is 1. The van der Waals surface area contributed by atoms with E-state index < -0.39 is 59.8 Å². The summed E-state index contributed by atoms with van der Waals surface area (Å²) in [6.45, 7) is 3.53. The van der Waals surface area contributed by atoms with Crippen molar-refractivity contribution in [2.75, 3.05) is 26.4 Å². The average Bonchev–Trinajstić information content (AvgIpc) is 3.17. The maximum Gasteiger partial charge on any atom is 0.397 e. The molecule has 0 spiro atoms. The molecule has 6 unspecified atom stereocenters. The molecule has 13 heteroatoms. The predicted octanol–water partition coefficient (Wildman–Crippen LogP) is 7.73. The first kappa shape index (κ1) is 51.3. The van der Waals surface area contributed by atoms with Crippen LogP contribution in [-0.4, -0.2) is 97.5 Å². The van der Waals surface area contributed by atoms with Crippen molar-refractivity contribution in [3.05, 3.63) is 85.1 Å². The highest BCUT2D eigenvalue weighted by Crippen LogP contribution is 2.26. The SMILES string of the molecule is CC/C=C\C/C=C\C/C=C\C/C=C\C/C=C\CCOCC(COC1OC(CO)C(O)C(OS(=O)(=O)O)C1O)OC(=O)CCCCCCC/C=C\C/C=C\CCC. The molecule has 1 heterocycles. The number of allylic oxidation sites excluding steroid dienone is 13. The van der Waals surface area contributed by atoms with Crippen molar-refractivity contribution in [3.63, 3.8) is 0 Å². The number of hydrogen-bond donors (Lipinski definition) is 4. The molecule has 6 atom stereocenters. The van der Waals surface area contributed by atoms with Crippen LogP contribution in [0.5, 0.6) is 0 Å². The molecule has 0 aromatic heterocycles. The fourth-order valence-corrected chi connectivity index (χ4v) is 5.99. The smallest absolute Gasteiger partial charge is 0.397 e. The van der Waals surface area contributed by atoms with Crippen LogP contribution in [0.25, 0.3) is 0 Å². The summed E-state index contributed by atoms with van der Waals surface area (Å²) in [5.74, 6) is -0.444. The molecule has 0 aromatic carbocycles. The summed E-state index contributed by atoms with van der Waals surface area (Å²) in [7, 11) is -5.07. The van der Waals surface area contributed by atoms with Gasteiger partial charge in [0, 0.05) is 6.42 Å². The van der Waals surface area contributed by atoms with E-state index in [-0.39, 0.29) is 19.6 Å². The molecule has 1 aliphatic rings. The molecule has 0 amide bonds. The van der Waals surface area contributed by atoms with Gasteiger partial charge in [-0.2, -0.15) is 8.42 Å². The van der Waals surface area contributed by atoms with E-state index in [9.17, 15) is 28.5 Å². The molecule has 56 heavy (non-hydrogen) atoms. The van der Waals surface area contributed by atoms with Gasteiger partial charge in [0.1, 0.15) is 30.5 Å². The Labute approximate surface area is 336 Å². The van der Waals surface area contributed by atoms with E-state index in [0.717, 1.165) is 83.5 Å². The van der Waals surface area contributed by atoms with Gasteiger partial charge in [-0.1, -0.05) is 125 Å². The van der Waals surface area contributed by atoms with E-state index in [2.05, 4.69) is 90.9 Å². The van der Waals surface area contributed by atoms with E-state index in [4.69, 9.17) is 23.5 Å². The molecule has 0 radical (unpaired) electrons. The lowest BCUT2D eigenvalue weighted by atomic mass is 9.99. The maximum atomic E-state index is 12.8. The lowest BCUT2D eigenvalue weighted by Gasteiger charge is -2.41. The first-order valence-electron chi connectivity index (χ1n) is 20.3. The van der Waals surface area contributed by atoms with Crippen LogP contribution in [0.2, 0.25) is 0 Å². The van der Waals surface area contributed by atoms with Crippen molar-refractivity contribution in [1.82, 2.24) is 0 Å². The minimum atomic E-state index is -5.07. The average molecular weight is 811 g/mol. The summed E-state index contributed by atoms with van der Waals surface area (Å²) in [6, 6.07) is 0. The number of aliphatic hydroxyl groups is 3. The van der Waals surface area contributed by atoms with Gasteiger partial charge in [0.15, 0.2) is 6.29 Å². The van der Waals surface area contributed by atoms with Crippen LogP contribution >= 0.6 is 0 Å². The maximum absolute atomic E-state index is 12.8. The fourth-order valence-electron chi connectivity index (χ4n) is 5.48. The highest BCUT2D eigenvalue weighted by molar-refractivity contribution is 7.80. The number of esters is 1. The van der Waals surface area contributed by atoms with Crippen molar-refractivity contribution in [2.45, 2.75) is 153 Å². The Morgan fingerprint density at radius 3 is 1.80 bits per heavy atom. The van der Waals surface area contributed by atoms with Crippen molar-refractivity contribution in [1.29, 1.82) is 0 Å². The van der Waals surface area contributed by atoms with Gasteiger partial charge in [0.25, 0.3) is 0 Å². The number of ether oxygens (including phenoxy) is 4. The summed E-state index contributed by atoms with van der Waals surface area (Å²) < 4.78 is 58.7. The van der Waals surface area contributed by atoms with E-state index in [1.807, 2.05) is 12.2 Å². The van der Waals surface area contributed by atoms with E-state index in [1.165, 1.54) is 0 Å². The zero-order valence-corrected chi connectivity index (χ0v) is 34.5. The monoisotopic (exact) mass is 810 g/mol. The summed E-state index contributed by atoms with van der Waals surface area (Å²) in [6.07, 6.45) is 35.0. The van der Waals surface area contributed by atoms with Crippen molar-refractivity contribution >= 4 is 16.4 Å². The lowest BCUT2D eigenvalue weighted by Crippen LogP contribution is -2.60. The first-order valence-corrected chi connectivity index (χ1v) is 21.7. The van der Waals surface area contributed by atoms with Gasteiger partial charge in [-0.15, -0.1) is 0 Å². The van der Waals surface area contributed by atoms with E-state index >= 15 is 0 Å². The summed E-state index contributed by atoms with van der Waals surface area (Å²) in [5.41, 5.74) is 0. The predicted molar refractivity (Wildman–Crippen MR) is 220 cm³/mol. The van der Waals surface area contributed by atoms with Crippen LogP contribution in [0.3, 0.4) is 0 Å². The topological polar surface area (TPSA) is 178 Å². The van der Waals surface area contributed by atoms with Gasteiger partial charge in [-0.05, 0) is 70.6 Å². The molecule has 1 saturated heterocycles. The molecule has 320 valence electrons. The van der Waals surface area contributed by atoms with Gasteiger partial charge in [-0.25, -0.2) is 4.18 Å².